The van der Waals surface area contributed by atoms with Gasteiger partial charge in [-0.15, -0.1) is 0 Å². The van der Waals surface area contributed by atoms with E-state index < -0.39 is 0 Å². The van der Waals surface area contributed by atoms with Gasteiger partial charge in [0, 0.05) is 50.4 Å². The predicted octanol–water partition coefficient (Wildman–Crippen LogP) is 0.209. The SMILES string of the molecule is CC(C)Cn1cc(CNCC2CNCC2O)cn1. The van der Waals surface area contributed by atoms with Crippen molar-refractivity contribution in [2.75, 3.05) is 19.6 Å². The third-order valence-corrected chi connectivity index (χ3v) is 3.28. The molecule has 1 aliphatic rings. The first kappa shape index (κ1) is 13.5. The molecule has 1 saturated heterocycles. The van der Waals surface area contributed by atoms with Crippen molar-refractivity contribution in [1.82, 2.24) is 20.4 Å². The van der Waals surface area contributed by atoms with Gasteiger partial charge in [0.1, 0.15) is 0 Å². The summed E-state index contributed by atoms with van der Waals surface area (Å²) in [6.07, 6.45) is 3.80. The van der Waals surface area contributed by atoms with E-state index in [1.165, 1.54) is 5.56 Å². The summed E-state index contributed by atoms with van der Waals surface area (Å²) in [6.45, 7) is 8.64. The molecule has 102 valence electrons. The van der Waals surface area contributed by atoms with Crippen molar-refractivity contribution in [2.45, 2.75) is 33.0 Å². The van der Waals surface area contributed by atoms with Crippen LogP contribution in [0.5, 0.6) is 0 Å². The van der Waals surface area contributed by atoms with Crippen LogP contribution >= 0.6 is 0 Å². The van der Waals surface area contributed by atoms with Gasteiger partial charge in [0.2, 0.25) is 0 Å². The Morgan fingerprint density at radius 3 is 3.06 bits per heavy atom. The number of hydrogen-bond donors (Lipinski definition) is 3. The van der Waals surface area contributed by atoms with Crippen LogP contribution in [0, 0.1) is 11.8 Å². The number of aromatic nitrogens is 2. The minimum Gasteiger partial charge on any atom is -0.391 e. The Morgan fingerprint density at radius 1 is 1.56 bits per heavy atom. The van der Waals surface area contributed by atoms with Crippen LogP contribution in [0.25, 0.3) is 0 Å². The van der Waals surface area contributed by atoms with Gasteiger partial charge in [-0.25, -0.2) is 0 Å². The quantitative estimate of drug-likeness (QED) is 0.677. The van der Waals surface area contributed by atoms with Crippen molar-refractivity contribution in [3.8, 4) is 0 Å². The van der Waals surface area contributed by atoms with E-state index in [0.717, 1.165) is 32.7 Å². The van der Waals surface area contributed by atoms with Gasteiger partial charge in [-0.2, -0.15) is 5.10 Å². The Labute approximate surface area is 109 Å². The second-order valence-corrected chi connectivity index (χ2v) is 5.58. The Bertz CT molecular complexity index is 364. The first-order chi connectivity index (χ1) is 8.65. The lowest BCUT2D eigenvalue weighted by Gasteiger charge is -2.13. The molecule has 1 aliphatic heterocycles. The second-order valence-electron chi connectivity index (χ2n) is 5.58. The van der Waals surface area contributed by atoms with E-state index in [2.05, 4.69) is 35.8 Å². The van der Waals surface area contributed by atoms with Gasteiger partial charge >= 0.3 is 0 Å². The monoisotopic (exact) mass is 252 g/mol. The summed E-state index contributed by atoms with van der Waals surface area (Å²) >= 11 is 0. The molecule has 5 heteroatoms. The smallest absolute Gasteiger partial charge is 0.0716 e. The average molecular weight is 252 g/mol. The molecule has 0 spiro atoms. The largest absolute Gasteiger partial charge is 0.391 e. The molecule has 2 unspecified atom stereocenters. The van der Waals surface area contributed by atoms with Crippen molar-refractivity contribution in [1.29, 1.82) is 0 Å². The lowest BCUT2D eigenvalue weighted by molar-refractivity contribution is 0.146. The van der Waals surface area contributed by atoms with Gasteiger partial charge < -0.3 is 15.7 Å². The molecule has 0 aliphatic carbocycles. The van der Waals surface area contributed by atoms with Gasteiger partial charge in [-0.05, 0) is 5.92 Å². The Balaban J connectivity index is 1.71. The third kappa shape index (κ3) is 3.80. The molecule has 0 bridgehead atoms. The summed E-state index contributed by atoms with van der Waals surface area (Å²) < 4.78 is 1.99. The van der Waals surface area contributed by atoms with Crippen LogP contribution < -0.4 is 10.6 Å². The third-order valence-electron chi connectivity index (χ3n) is 3.28. The van der Waals surface area contributed by atoms with E-state index in [1.807, 2.05) is 10.9 Å². The average Bonchev–Trinajstić information content (AvgIpc) is 2.89. The highest BCUT2D eigenvalue weighted by Gasteiger charge is 2.23. The van der Waals surface area contributed by atoms with Gasteiger partial charge in [0.25, 0.3) is 0 Å². The Kier molecular flexibility index (Phi) is 4.74. The zero-order valence-corrected chi connectivity index (χ0v) is 11.3. The van der Waals surface area contributed by atoms with E-state index in [0.29, 0.717) is 11.8 Å². The van der Waals surface area contributed by atoms with Crippen molar-refractivity contribution < 1.29 is 5.11 Å². The lowest BCUT2D eigenvalue weighted by atomic mass is 10.1. The number of aliphatic hydroxyl groups excluding tert-OH is 1. The van der Waals surface area contributed by atoms with Gasteiger partial charge in [0.05, 0.1) is 12.3 Å². The lowest BCUT2D eigenvalue weighted by Crippen LogP contribution is -2.30. The standard InChI is InChI=1S/C13H24N4O/c1-10(2)8-17-9-11(4-16-17)3-14-5-12-6-15-7-13(12)18/h4,9-10,12-15,18H,3,5-8H2,1-2H3. The minimum atomic E-state index is -0.207. The summed E-state index contributed by atoms with van der Waals surface area (Å²) in [5.74, 6) is 0.945. The van der Waals surface area contributed by atoms with Crippen LogP contribution in [0.2, 0.25) is 0 Å². The van der Waals surface area contributed by atoms with Crippen molar-refractivity contribution in [3.63, 3.8) is 0 Å². The molecule has 2 atom stereocenters. The zero-order chi connectivity index (χ0) is 13.0. The summed E-state index contributed by atoms with van der Waals surface area (Å²) in [4.78, 5) is 0. The molecule has 1 aromatic rings. The number of nitrogens with zero attached hydrogens (tertiary/aromatic N) is 2. The molecule has 3 N–H and O–H groups in total. The number of β-amino-alcohol motifs (C(OH)–C–C–N with tert-alkyl or cyclic N) is 1. The summed E-state index contributed by atoms with van der Waals surface area (Å²) in [7, 11) is 0. The highest BCUT2D eigenvalue weighted by Crippen LogP contribution is 2.08. The van der Waals surface area contributed by atoms with Crippen LogP contribution in [0.3, 0.4) is 0 Å². The first-order valence-corrected chi connectivity index (χ1v) is 6.76. The summed E-state index contributed by atoms with van der Waals surface area (Å²) in [6, 6.07) is 0. The Morgan fingerprint density at radius 2 is 2.39 bits per heavy atom. The first-order valence-electron chi connectivity index (χ1n) is 6.76. The van der Waals surface area contributed by atoms with Crippen LogP contribution in [0.1, 0.15) is 19.4 Å². The van der Waals surface area contributed by atoms with Gasteiger partial charge in [-0.3, -0.25) is 4.68 Å². The number of nitrogens with one attached hydrogen (secondary N) is 2. The van der Waals surface area contributed by atoms with Crippen molar-refractivity contribution >= 4 is 0 Å². The molecule has 1 aromatic heterocycles. The van der Waals surface area contributed by atoms with Crippen LogP contribution in [0.15, 0.2) is 12.4 Å². The normalized spacial score (nSPS) is 24.0. The van der Waals surface area contributed by atoms with Crippen molar-refractivity contribution in [2.24, 2.45) is 11.8 Å². The molecule has 0 amide bonds. The number of hydrogen-bond acceptors (Lipinski definition) is 4. The molecular weight excluding hydrogens is 228 g/mol. The molecule has 1 fully saturated rings. The molecule has 0 aromatic carbocycles. The Hall–Kier alpha value is -0.910. The maximum absolute atomic E-state index is 9.67. The van der Waals surface area contributed by atoms with E-state index in [1.54, 1.807) is 0 Å². The highest BCUT2D eigenvalue weighted by molar-refractivity contribution is 5.03. The van der Waals surface area contributed by atoms with E-state index in [9.17, 15) is 5.11 Å². The summed E-state index contributed by atoms with van der Waals surface area (Å²) in [5.41, 5.74) is 1.20. The predicted molar refractivity (Wildman–Crippen MR) is 71.1 cm³/mol. The van der Waals surface area contributed by atoms with E-state index in [-0.39, 0.29) is 6.10 Å². The molecule has 0 saturated carbocycles. The molecular formula is C13H24N4O. The molecule has 0 radical (unpaired) electrons. The fourth-order valence-electron chi connectivity index (χ4n) is 2.30. The second kappa shape index (κ2) is 6.31. The topological polar surface area (TPSA) is 62.1 Å². The molecule has 5 nitrogen and oxygen atoms in total. The fourth-order valence-corrected chi connectivity index (χ4v) is 2.30. The van der Waals surface area contributed by atoms with Gasteiger partial charge in [-0.1, -0.05) is 13.8 Å². The molecule has 18 heavy (non-hydrogen) atoms. The van der Waals surface area contributed by atoms with E-state index in [4.69, 9.17) is 0 Å². The minimum absolute atomic E-state index is 0.207. The molecule has 2 heterocycles. The zero-order valence-electron chi connectivity index (χ0n) is 11.3. The van der Waals surface area contributed by atoms with E-state index >= 15 is 0 Å². The van der Waals surface area contributed by atoms with Crippen molar-refractivity contribution in [3.05, 3.63) is 18.0 Å². The van der Waals surface area contributed by atoms with Gasteiger partial charge in [0.15, 0.2) is 0 Å². The molecule has 2 rings (SSSR count). The maximum Gasteiger partial charge on any atom is 0.0716 e. The van der Waals surface area contributed by atoms with Crippen LogP contribution in [-0.2, 0) is 13.1 Å². The fraction of sp³-hybridized carbons (Fsp3) is 0.769. The van der Waals surface area contributed by atoms with Crippen LogP contribution in [-0.4, -0.2) is 40.6 Å². The maximum atomic E-state index is 9.67. The summed E-state index contributed by atoms with van der Waals surface area (Å²) in [5, 5.41) is 20.6. The number of aliphatic hydroxyl groups is 1. The number of rotatable bonds is 6. The highest BCUT2D eigenvalue weighted by atomic mass is 16.3. The van der Waals surface area contributed by atoms with Crippen LogP contribution in [0.4, 0.5) is 0 Å².